The first-order valence-corrected chi connectivity index (χ1v) is 32.8. The molecule has 2 aromatic rings. The number of nitrogens with one attached hydrogen (secondary N) is 1. The van der Waals surface area contributed by atoms with Crippen LogP contribution in [0.3, 0.4) is 0 Å². The number of hydrogen-bond acceptors (Lipinski definition) is 0. The van der Waals surface area contributed by atoms with Crippen molar-refractivity contribution in [1.29, 1.82) is 0 Å². The smallest absolute Gasteiger partial charge is 0.215 e. The molecular weight excluding hydrogens is 905 g/mol. The fourth-order valence-corrected chi connectivity index (χ4v) is 11.0. The highest BCUT2D eigenvalue weighted by molar-refractivity contribution is 6.16. The molecule has 75 heavy (non-hydrogen) atoms. The lowest BCUT2D eigenvalue weighted by Gasteiger charge is -2.11. The van der Waals surface area contributed by atoms with Crippen LogP contribution in [0.15, 0.2) is 77.9 Å². The summed E-state index contributed by atoms with van der Waals surface area (Å²) >= 11 is 0. The first kappa shape index (κ1) is 65.6. The van der Waals surface area contributed by atoms with E-state index in [9.17, 15) is 5.84 Å². The van der Waals surface area contributed by atoms with Gasteiger partial charge in [0.15, 0.2) is 0 Å². The van der Waals surface area contributed by atoms with Gasteiger partial charge in [-0.1, -0.05) is 289 Å². The summed E-state index contributed by atoms with van der Waals surface area (Å²) in [6, 6.07) is 14.5. The van der Waals surface area contributed by atoms with Crippen LogP contribution in [-0.4, -0.2) is 10.4 Å². The van der Waals surface area contributed by atoms with E-state index in [4.69, 9.17) is 0 Å². The maximum atomic E-state index is 10.4. The lowest BCUT2D eigenvalue weighted by molar-refractivity contribution is -0.347. The number of allylic oxidation sites excluding steroid dienone is 7. The van der Waals surface area contributed by atoms with Crippen LogP contribution in [0.25, 0.3) is 35.8 Å². The average Bonchev–Trinajstić information content (AvgIpc) is 3.70. The second-order valence-corrected chi connectivity index (χ2v) is 22.8. The van der Waals surface area contributed by atoms with Gasteiger partial charge in [0, 0.05) is 16.7 Å². The fourth-order valence-electron chi connectivity index (χ4n) is 11.0. The molecule has 0 radical (unpaired) electrons. The molecule has 0 aliphatic carbocycles. The summed E-state index contributed by atoms with van der Waals surface area (Å²) in [5, 5.41) is 0. The Morgan fingerprint density at radius 2 is 0.600 bits per heavy atom. The standard InChI is InChI=1S/C73H118N2/c1-7-13-19-24-29-33-37-41-47-52-64-58-65(53-48-42-38-34-30-25-20-14-8-2)61-68(60-64)72-70(56-46-18-12-6)71(57-51-45-28-23-17-11-5)73(75(72)74)69-62-66(54-49-43-39-35-31-26-21-15-9-3)59-67(63-69)55-50-44-40-36-32-27-22-16-10-4/h47-50,52-55,57-63,74H,7-46,51,56H2,1-6H3. The summed E-state index contributed by atoms with van der Waals surface area (Å²) < 4.78 is 1.89. The second-order valence-electron chi connectivity index (χ2n) is 22.8. The van der Waals surface area contributed by atoms with Crippen molar-refractivity contribution in [3.05, 3.63) is 117 Å². The van der Waals surface area contributed by atoms with Gasteiger partial charge in [-0.25, -0.2) is 4.68 Å². The van der Waals surface area contributed by atoms with Crippen LogP contribution in [0.2, 0.25) is 0 Å². The summed E-state index contributed by atoms with van der Waals surface area (Å²) in [6.07, 6.45) is 75.8. The molecule has 2 nitrogen and oxygen atoms in total. The number of unbranched alkanes of at least 4 members (excludes halogenated alkanes) is 35. The lowest BCUT2D eigenvalue weighted by atomic mass is 9.89. The van der Waals surface area contributed by atoms with Gasteiger partial charge >= 0.3 is 0 Å². The summed E-state index contributed by atoms with van der Waals surface area (Å²) in [5.41, 5.74) is 12.3. The highest BCUT2D eigenvalue weighted by Crippen LogP contribution is 2.39. The highest BCUT2D eigenvalue weighted by Gasteiger charge is 2.35. The Labute approximate surface area is 466 Å². The maximum Gasteiger partial charge on any atom is 0.215 e. The Bertz CT molecular complexity index is 1870. The van der Waals surface area contributed by atoms with Gasteiger partial charge in [-0.05, 0) is 136 Å². The number of rotatable bonds is 48. The van der Waals surface area contributed by atoms with E-state index in [0.29, 0.717) is 0 Å². The molecule has 0 saturated heterocycles. The van der Waals surface area contributed by atoms with Gasteiger partial charge in [0.05, 0.1) is 5.57 Å². The van der Waals surface area contributed by atoms with Crippen molar-refractivity contribution >= 4 is 35.7 Å². The number of nitrogens with zero attached hydrogens (tertiary/aromatic N) is 1. The molecule has 1 N–H and O–H groups in total. The second kappa shape index (κ2) is 45.4. The monoisotopic (exact) mass is 1020 g/mol. The Morgan fingerprint density at radius 1 is 0.320 bits per heavy atom. The Hall–Kier alpha value is -3.65. The molecular formula is C73H118N2. The molecule has 0 spiro atoms. The van der Waals surface area contributed by atoms with E-state index in [0.717, 1.165) is 56.4 Å². The van der Waals surface area contributed by atoms with E-state index in [1.807, 2.05) is 4.68 Å². The number of benzene rings is 2. The summed E-state index contributed by atoms with van der Waals surface area (Å²) in [7, 11) is 0. The average molecular weight is 1020 g/mol. The molecule has 3 rings (SSSR count). The molecule has 0 saturated carbocycles. The minimum absolute atomic E-state index is 0.995. The zero-order chi connectivity index (χ0) is 53.7. The van der Waals surface area contributed by atoms with Crippen molar-refractivity contribution in [3.8, 4) is 0 Å². The van der Waals surface area contributed by atoms with E-state index in [1.54, 1.807) is 0 Å². The van der Waals surface area contributed by atoms with Crippen LogP contribution in [0.4, 0.5) is 0 Å². The first-order valence-electron chi connectivity index (χ1n) is 32.8. The van der Waals surface area contributed by atoms with Crippen molar-refractivity contribution in [2.45, 2.75) is 311 Å². The van der Waals surface area contributed by atoms with E-state index in [1.165, 1.54) is 269 Å². The van der Waals surface area contributed by atoms with Gasteiger partial charge < -0.3 is 5.84 Å². The van der Waals surface area contributed by atoms with Crippen LogP contribution in [0.1, 0.15) is 345 Å². The molecule has 0 fully saturated rings. The number of hydrogen-bond donors (Lipinski definition) is 0. The van der Waals surface area contributed by atoms with E-state index in [-0.39, 0.29) is 0 Å². The van der Waals surface area contributed by atoms with E-state index >= 15 is 0 Å². The van der Waals surface area contributed by atoms with Crippen molar-refractivity contribution in [2.75, 3.05) is 0 Å². The Kier molecular flexibility index (Phi) is 39.7. The molecule has 0 atom stereocenters. The largest absolute Gasteiger partial charge is 0.448 e. The third-order valence-corrected chi connectivity index (χ3v) is 15.6. The van der Waals surface area contributed by atoms with Gasteiger partial charge in [0.1, 0.15) is 0 Å². The van der Waals surface area contributed by atoms with Crippen molar-refractivity contribution in [3.63, 3.8) is 0 Å². The highest BCUT2D eigenvalue weighted by atomic mass is 15.3. The van der Waals surface area contributed by atoms with Crippen molar-refractivity contribution < 1.29 is 4.68 Å². The van der Waals surface area contributed by atoms with E-state index < -0.39 is 0 Å². The van der Waals surface area contributed by atoms with Crippen LogP contribution in [0.5, 0.6) is 0 Å². The topological polar surface area (TPSA) is 26.8 Å². The molecule has 2 heteroatoms. The summed E-state index contributed by atoms with van der Waals surface area (Å²) in [6.45, 7) is 13.9. The van der Waals surface area contributed by atoms with Gasteiger partial charge in [0.25, 0.3) is 0 Å². The molecule has 0 unspecified atom stereocenters. The molecule has 0 aromatic heterocycles. The molecule has 1 aliphatic heterocycles. The third-order valence-electron chi connectivity index (χ3n) is 15.6. The summed E-state index contributed by atoms with van der Waals surface area (Å²) in [4.78, 5) is 0. The van der Waals surface area contributed by atoms with Gasteiger partial charge in [-0.2, -0.15) is 0 Å². The molecule has 0 bridgehead atoms. The molecule has 420 valence electrons. The van der Waals surface area contributed by atoms with Gasteiger partial charge in [-0.3, -0.25) is 0 Å². The predicted molar refractivity (Wildman–Crippen MR) is 341 cm³/mol. The quantitative estimate of drug-likeness (QED) is 0.0467. The zero-order valence-corrected chi connectivity index (χ0v) is 50.3. The molecule has 1 aliphatic rings. The van der Waals surface area contributed by atoms with Gasteiger partial charge in [0.2, 0.25) is 11.4 Å². The van der Waals surface area contributed by atoms with Gasteiger partial charge in [-0.15, -0.1) is 0 Å². The van der Waals surface area contributed by atoms with Crippen LogP contribution in [0, 0.1) is 0 Å². The SMILES string of the molecule is CCCCCCCC=C1C(CCCCC)=C(c2cc(C=CCCCCCCCCC)cc(C=CCCCCCCCCC)c2)[N+]([NH-])=C1c1cc(C=CCCCCCCCCC)cc(C=CCCCCCCCCC)c1. The lowest BCUT2D eigenvalue weighted by Crippen LogP contribution is -2.12. The van der Waals surface area contributed by atoms with Crippen LogP contribution >= 0.6 is 0 Å². The van der Waals surface area contributed by atoms with Crippen molar-refractivity contribution in [2.24, 2.45) is 0 Å². The zero-order valence-electron chi connectivity index (χ0n) is 50.3. The predicted octanol–water partition coefficient (Wildman–Crippen LogP) is 25.4. The molecule has 0 amide bonds. The van der Waals surface area contributed by atoms with E-state index in [2.05, 4.69) is 133 Å². The van der Waals surface area contributed by atoms with Crippen LogP contribution in [-0.2, 0) is 0 Å². The molecule has 2 aromatic carbocycles. The fraction of sp³-hybridized carbons (Fsp3) is 0.658. The normalized spacial score (nSPS) is 13.9. The van der Waals surface area contributed by atoms with Crippen molar-refractivity contribution in [1.82, 2.24) is 0 Å². The Balaban J connectivity index is 2.16. The Morgan fingerprint density at radius 3 is 0.933 bits per heavy atom. The first-order chi connectivity index (χ1) is 37.0. The minimum Gasteiger partial charge on any atom is -0.448 e. The molecule has 1 heterocycles. The summed E-state index contributed by atoms with van der Waals surface area (Å²) in [5.74, 6) is 10.4. The third kappa shape index (κ3) is 29.6. The maximum absolute atomic E-state index is 10.4. The van der Waals surface area contributed by atoms with Crippen LogP contribution < -0.4 is 0 Å². The minimum atomic E-state index is 0.995.